The molecule has 1 aromatic carbocycles. The summed E-state index contributed by atoms with van der Waals surface area (Å²) < 4.78 is 5.12. The fraction of sp³-hybridized carbons (Fsp3) is 0.538. The van der Waals surface area contributed by atoms with Gasteiger partial charge < -0.3 is 15.2 Å². The molecule has 1 aromatic rings. The standard InChI is InChI=1S/C13H21NO2/c1-10(2)14-12(9-16-3)13(15)11-7-5-4-6-8-11/h4-8,10,12-15H,9H2,1-3H3/t12-,13+/m0/s1. The van der Waals surface area contributed by atoms with Crippen molar-refractivity contribution in [2.45, 2.75) is 32.0 Å². The average Bonchev–Trinajstić information content (AvgIpc) is 2.28. The number of aliphatic hydroxyl groups is 1. The molecule has 0 unspecified atom stereocenters. The summed E-state index contributed by atoms with van der Waals surface area (Å²) in [6, 6.07) is 9.89. The van der Waals surface area contributed by atoms with Crippen LogP contribution in [0.1, 0.15) is 25.5 Å². The number of methoxy groups -OCH3 is 1. The van der Waals surface area contributed by atoms with Gasteiger partial charge in [-0.1, -0.05) is 44.2 Å². The smallest absolute Gasteiger partial charge is 0.0965 e. The Morgan fingerprint density at radius 1 is 1.25 bits per heavy atom. The molecule has 90 valence electrons. The third kappa shape index (κ3) is 3.93. The van der Waals surface area contributed by atoms with Crippen LogP contribution in [0.3, 0.4) is 0 Å². The number of ether oxygens (including phenoxy) is 1. The Hall–Kier alpha value is -0.900. The van der Waals surface area contributed by atoms with Crippen molar-refractivity contribution in [2.24, 2.45) is 0 Å². The van der Waals surface area contributed by atoms with Gasteiger partial charge in [-0.25, -0.2) is 0 Å². The second-order valence-corrected chi connectivity index (χ2v) is 4.24. The lowest BCUT2D eigenvalue weighted by molar-refractivity contribution is 0.0659. The van der Waals surface area contributed by atoms with Crippen molar-refractivity contribution in [1.29, 1.82) is 0 Å². The van der Waals surface area contributed by atoms with Gasteiger partial charge in [0.05, 0.1) is 18.8 Å². The summed E-state index contributed by atoms with van der Waals surface area (Å²) in [6.45, 7) is 4.61. The first-order valence-corrected chi connectivity index (χ1v) is 5.63. The first kappa shape index (κ1) is 13.2. The highest BCUT2D eigenvalue weighted by atomic mass is 16.5. The molecule has 0 aliphatic rings. The normalized spacial score (nSPS) is 15.1. The predicted octanol–water partition coefficient (Wildman–Crippen LogP) is 1.73. The van der Waals surface area contributed by atoms with E-state index in [0.29, 0.717) is 12.6 Å². The maximum atomic E-state index is 10.2. The van der Waals surface area contributed by atoms with Crippen molar-refractivity contribution in [2.75, 3.05) is 13.7 Å². The molecule has 0 fully saturated rings. The Morgan fingerprint density at radius 2 is 1.88 bits per heavy atom. The van der Waals surface area contributed by atoms with E-state index in [2.05, 4.69) is 19.2 Å². The summed E-state index contributed by atoms with van der Waals surface area (Å²) >= 11 is 0. The number of hydrogen-bond acceptors (Lipinski definition) is 3. The molecule has 3 heteroatoms. The SMILES string of the molecule is COC[C@H](NC(C)C)[C@H](O)c1ccccc1. The lowest BCUT2D eigenvalue weighted by Crippen LogP contribution is -2.42. The Kier molecular flexibility index (Phi) is 5.46. The topological polar surface area (TPSA) is 41.5 Å². The molecular weight excluding hydrogens is 202 g/mol. The van der Waals surface area contributed by atoms with Gasteiger partial charge in [-0.3, -0.25) is 0 Å². The summed E-state index contributed by atoms with van der Waals surface area (Å²) in [7, 11) is 1.65. The van der Waals surface area contributed by atoms with Crippen molar-refractivity contribution < 1.29 is 9.84 Å². The van der Waals surface area contributed by atoms with Gasteiger partial charge in [-0.15, -0.1) is 0 Å². The third-order valence-electron chi connectivity index (χ3n) is 2.42. The van der Waals surface area contributed by atoms with E-state index in [1.54, 1.807) is 7.11 Å². The van der Waals surface area contributed by atoms with Crippen LogP contribution in [0.15, 0.2) is 30.3 Å². The molecule has 0 radical (unpaired) electrons. The number of benzene rings is 1. The quantitative estimate of drug-likeness (QED) is 0.771. The van der Waals surface area contributed by atoms with Gasteiger partial charge in [0.2, 0.25) is 0 Å². The zero-order valence-electron chi connectivity index (χ0n) is 10.2. The Morgan fingerprint density at radius 3 is 2.38 bits per heavy atom. The molecule has 0 heterocycles. The van der Waals surface area contributed by atoms with Crippen LogP contribution in [0, 0.1) is 0 Å². The molecule has 0 saturated carbocycles. The largest absolute Gasteiger partial charge is 0.387 e. The monoisotopic (exact) mass is 223 g/mol. The van der Waals surface area contributed by atoms with Crippen molar-refractivity contribution in [1.82, 2.24) is 5.32 Å². The maximum absolute atomic E-state index is 10.2. The molecule has 1 rings (SSSR count). The zero-order chi connectivity index (χ0) is 12.0. The van der Waals surface area contributed by atoms with Crippen LogP contribution in [0.25, 0.3) is 0 Å². The van der Waals surface area contributed by atoms with E-state index in [-0.39, 0.29) is 6.04 Å². The minimum Gasteiger partial charge on any atom is -0.387 e. The van der Waals surface area contributed by atoms with Crippen molar-refractivity contribution in [3.8, 4) is 0 Å². The van der Waals surface area contributed by atoms with Crippen LogP contribution >= 0.6 is 0 Å². The molecule has 0 aromatic heterocycles. The van der Waals surface area contributed by atoms with E-state index >= 15 is 0 Å². The molecule has 0 amide bonds. The van der Waals surface area contributed by atoms with Gasteiger partial charge in [0.15, 0.2) is 0 Å². The maximum Gasteiger partial charge on any atom is 0.0965 e. The van der Waals surface area contributed by atoms with Gasteiger partial charge >= 0.3 is 0 Å². The zero-order valence-corrected chi connectivity index (χ0v) is 10.2. The van der Waals surface area contributed by atoms with Crippen LogP contribution in [0.4, 0.5) is 0 Å². The second kappa shape index (κ2) is 6.63. The lowest BCUT2D eigenvalue weighted by Gasteiger charge is -2.25. The number of aliphatic hydroxyl groups excluding tert-OH is 1. The van der Waals surface area contributed by atoms with Crippen LogP contribution < -0.4 is 5.32 Å². The molecule has 0 aliphatic carbocycles. The minimum atomic E-state index is -0.538. The first-order valence-electron chi connectivity index (χ1n) is 5.63. The Labute approximate surface area is 97.4 Å². The molecule has 2 N–H and O–H groups in total. The first-order chi connectivity index (χ1) is 7.65. The van der Waals surface area contributed by atoms with E-state index in [0.717, 1.165) is 5.56 Å². The predicted molar refractivity (Wildman–Crippen MR) is 65.3 cm³/mol. The van der Waals surface area contributed by atoms with Crippen LogP contribution in [0.5, 0.6) is 0 Å². The summed E-state index contributed by atoms with van der Waals surface area (Å²) in [5.41, 5.74) is 0.915. The highest BCUT2D eigenvalue weighted by molar-refractivity contribution is 5.18. The van der Waals surface area contributed by atoms with Crippen LogP contribution in [0.2, 0.25) is 0 Å². The van der Waals surface area contributed by atoms with E-state index in [4.69, 9.17) is 4.74 Å². The van der Waals surface area contributed by atoms with Crippen molar-refractivity contribution >= 4 is 0 Å². The molecule has 2 atom stereocenters. The third-order valence-corrected chi connectivity index (χ3v) is 2.42. The van der Waals surface area contributed by atoms with E-state index < -0.39 is 6.10 Å². The Bertz CT molecular complexity index is 287. The Balaban J connectivity index is 2.70. The molecule has 16 heavy (non-hydrogen) atoms. The molecule has 0 bridgehead atoms. The van der Waals surface area contributed by atoms with Gasteiger partial charge in [0.1, 0.15) is 0 Å². The molecule has 0 saturated heterocycles. The van der Waals surface area contributed by atoms with Gasteiger partial charge in [-0.2, -0.15) is 0 Å². The highest BCUT2D eigenvalue weighted by Crippen LogP contribution is 2.17. The minimum absolute atomic E-state index is 0.0765. The lowest BCUT2D eigenvalue weighted by atomic mass is 10.0. The molecule has 0 spiro atoms. The van der Waals surface area contributed by atoms with Gasteiger partial charge in [0, 0.05) is 13.2 Å². The number of rotatable bonds is 6. The fourth-order valence-corrected chi connectivity index (χ4v) is 1.72. The van der Waals surface area contributed by atoms with Gasteiger partial charge in [-0.05, 0) is 5.56 Å². The summed E-state index contributed by atoms with van der Waals surface area (Å²) in [5.74, 6) is 0. The number of nitrogens with one attached hydrogen (secondary N) is 1. The van der Waals surface area contributed by atoms with Crippen LogP contribution in [-0.4, -0.2) is 30.9 Å². The molecular formula is C13H21NO2. The van der Waals surface area contributed by atoms with Crippen LogP contribution in [-0.2, 0) is 4.74 Å². The molecule has 0 aliphatic heterocycles. The fourth-order valence-electron chi connectivity index (χ4n) is 1.72. The van der Waals surface area contributed by atoms with Crippen molar-refractivity contribution in [3.05, 3.63) is 35.9 Å². The average molecular weight is 223 g/mol. The van der Waals surface area contributed by atoms with Gasteiger partial charge in [0.25, 0.3) is 0 Å². The number of hydrogen-bond donors (Lipinski definition) is 2. The summed E-state index contributed by atoms with van der Waals surface area (Å²) in [5, 5.41) is 13.5. The van der Waals surface area contributed by atoms with Crippen molar-refractivity contribution in [3.63, 3.8) is 0 Å². The second-order valence-electron chi connectivity index (χ2n) is 4.24. The molecule has 3 nitrogen and oxygen atoms in total. The summed E-state index contributed by atoms with van der Waals surface area (Å²) in [6.07, 6.45) is -0.538. The van der Waals surface area contributed by atoms with E-state index in [1.807, 2.05) is 30.3 Å². The van der Waals surface area contributed by atoms with E-state index in [9.17, 15) is 5.11 Å². The summed E-state index contributed by atoms with van der Waals surface area (Å²) in [4.78, 5) is 0. The van der Waals surface area contributed by atoms with E-state index in [1.165, 1.54) is 0 Å². The highest BCUT2D eigenvalue weighted by Gasteiger charge is 2.20.